The van der Waals surface area contributed by atoms with E-state index in [0.717, 1.165) is 4.70 Å². The summed E-state index contributed by atoms with van der Waals surface area (Å²) in [5.41, 5.74) is 7.65. The summed E-state index contributed by atoms with van der Waals surface area (Å²) in [6.45, 7) is 0. The van der Waals surface area contributed by atoms with Crippen molar-refractivity contribution in [3.05, 3.63) is 86.0 Å². The highest BCUT2D eigenvalue weighted by Crippen LogP contribution is 2.48. The van der Waals surface area contributed by atoms with Gasteiger partial charge in [-0.15, -0.1) is 11.3 Å². The van der Waals surface area contributed by atoms with Crippen LogP contribution in [0.1, 0.15) is 26.7 Å². The van der Waals surface area contributed by atoms with Gasteiger partial charge < -0.3 is 29.4 Å². The summed E-state index contributed by atoms with van der Waals surface area (Å²) in [7, 11) is 4.52. The molecule has 198 valence electrons. The molecular weight excluding hydrogens is 563 g/mol. The Morgan fingerprint density at radius 1 is 1.05 bits per heavy atom. The summed E-state index contributed by atoms with van der Waals surface area (Å²) in [4.78, 5) is 13.3. The average Bonchev–Trinajstić information content (AvgIpc) is 3.28. The van der Waals surface area contributed by atoms with E-state index in [0.29, 0.717) is 44.5 Å². The first-order valence-electron chi connectivity index (χ1n) is 11.4. The Labute approximate surface area is 237 Å². The largest absolute Gasteiger partial charge is 0.493 e. The molecule has 0 saturated carbocycles. The Morgan fingerprint density at radius 2 is 1.77 bits per heavy atom. The lowest BCUT2D eigenvalue weighted by Crippen LogP contribution is -2.21. The number of fused-ring (bicyclic) bond motifs is 2. The number of rotatable bonds is 6. The van der Waals surface area contributed by atoms with E-state index in [1.54, 1.807) is 36.4 Å². The van der Waals surface area contributed by atoms with Crippen LogP contribution in [0.4, 0.5) is 0 Å². The van der Waals surface area contributed by atoms with Gasteiger partial charge in [0.25, 0.3) is 0 Å². The van der Waals surface area contributed by atoms with E-state index in [4.69, 9.17) is 52.6 Å². The molecule has 0 radical (unpaired) electrons. The van der Waals surface area contributed by atoms with Gasteiger partial charge >= 0.3 is 5.97 Å². The number of carbonyl (C=O) groups excluding carboxylic acids is 1. The second-order valence-corrected chi connectivity index (χ2v) is 10.2. The molecule has 5 rings (SSSR count). The minimum atomic E-state index is -0.643. The quantitative estimate of drug-likeness (QED) is 0.198. The predicted molar refractivity (Wildman–Crippen MR) is 149 cm³/mol. The number of hydrogen-bond donors (Lipinski definition) is 1. The highest BCUT2D eigenvalue weighted by atomic mass is 35.5. The van der Waals surface area contributed by atoms with Crippen LogP contribution in [0.15, 0.2) is 60.0 Å². The number of nitrogens with zero attached hydrogens (tertiary/aromatic N) is 1. The second-order valence-electron chi connectivity index (χ2n) is 8.33. The maximum Gasteiger partial charge on any atom is 0.355 e. The fourth-order valence-electron chi connectivity index (χ4n) is 4.47. The topological polar surface area (TPSA) is 113 Å². The van der Waals surface area contributed by atoms with Gasteiger partial charge in [0, 0.05) is 21.7 Å². The van der Waals surface area contributed by atoms with Crippen molar-refractivity contribution in [1.29, 1.82) is 5.26 Å². The number of halogens is 2. The fraction of sp³-hybridized carbons (Fsp3) is 0.143. The smallest absolute Gasteiger partial charge is 0.355 e. The molecular formula is C28H20Cl2N2O6S. The average molecular weight is 583 g/mol. The lowest BCUT2D eigenvalue weighted by molar-refractivity contribution is 0.0740. The first-order chi connectivity index (χ1) is 18.8. The highest BCUT2D eigenvalue weighted by molar-refractivity contribution is 7.21. The molecule has 1 unspecified atom stereocenters. The molecule has 0 bridgehead atoms. The third-order valence-corrected chi connectivity index (χ3v) is 8.15. The normalized spacial score (nSPS) is 14.3. The van der Waals surface area contributed by atoms with Crippen LogP contribution in [0.25, 0.3) is 10.1 Å². The summed E-state index contributed by atoms with van der Waals surface area (Å²) in [6.07, 6.45) is 0. The third-order valence-electron chi connectivity index (χ3n) is 6.21. The Kier molecular flexibility index (Phi) is 7.19. The molecule has 1 aromatic heterocycles. The van der Waals surface area contributed by atoms with Crippen LogP contribution in [-0.4, -0.2) is 27.3 Å². The van der Waals surface area contributed by atoms with Gasteiger partial charge in [-0.05, 0) is 35.9 Å². The van der Waals surface area contributed by atoms with Crippen LogP contribution in [0.3, 0.4) is 0 Å². The van der Waals surface area contributed by atoms with Crippen molar-refractivity contribution in [1.82, 2.24) is 0 Å². The van der Waals surface area contributed by atoms with E-state index >= 15 is 0 Å². The summed E-state index contributed by atoms with van der Waals surface area (Å²) in [6, 6.07) is 15.8. The summed E-state index contributed by atoms with van der Waals surface area (Å²) in [5.74, 6) is 0.440. The SMILES string of the molecule is COc1cc(C2C(C#N)=C(N)Oc3cc(OC(=O)c4sc5cccc(Cl)c5c4Cl)ccc32)cc(OC)c1OC. The molecule has 11 heteroatoms. The molecule has 0 spiro atoms. The summed E-state index contributed by atoms with van der Waals surface area (Å²) < 4.78 is 28.6. The van der Waals surface area contributed by atoms with Crippen molar-refractivity contribution in [2.24, 2.45) is 5.73 Å². The Hall–Kier alpha value is -4.10. The second kappa shape index (κ2) is 10.6. The monoisotopic (exact) mass is 582 g/mol. The van der Waals surface area contributed by atoms with E-state index < -0.39 is 11.9 Å². The van der Waals surface area contributed by atoms with E-state index in [-0.39, 0.29) is 27.1 Å². The molecule has 1 aliphatic rings. The Morgan fingerprint density at radius 3 is 2.38 bits per heavy atom. The van der Waals surface area contributed by atoms with Crippen LogP contribution in [0, 0.1) is 11.3 Å². The van der Waals surface area contributed by atoms with E-state index in [2.05, 4.69) is 6.07 Å². The predicted octanol–water partition coefficient (Wildman–Crippen LogP) is 6.67. The molecule has 0 fully saturated rings. The minimum Gasteiger partial charge on any atom is -0.493 e. The number of benzene rings is 3. The number of methoxy groups -OCH3 is 3. The van der Waals surface area contributed by atoms with Crippen molar-refractivity contribution < 1.29 is 28.5 Å². The van der Waals surface area contributed by atoms with Crippen LogP contribution < -0.4 is 29.4 Å². The molecule has 1 aliphatic heterocycles. The standard InChI is InChI=1S/C28H20Cl2N2O6S/c1-34-19-9-13(10-20(35-2)25(19)36-3)22-15-8-7-14(11-18(15)38-27(32)16(22)12-31)37-28(33)26-24(30)23-17(29)5-4-6-21(23)39-26/h4-11,22H,32H2,1-3H3. The zero-order chi connectivity index (χ0) is 27.8. The van der Waals surface area contributed by atoms with Gasteiger partial charge in [-0.2, -0.15) is 5.26 Å². The summed E-state index contributed by atoms with van der Waals surface area (Å²) in [5, 5.41) is 11.2. The van der Waals surface area contributed by atoms with Gasteiger partial charge in [-0.1, -0.05) is 35.3 Å². The number of nitriles is 1. The van der Waals surface area contributed by atoms with Crippen molar-refractivity contribution in [3.8, 4) is 34.8 Å². The van der Waals surface area contributed by atoms with Crippen LogP contribution in [0.2, 0.25) is 10.0 Å². The van der Waals surface area contributed by atoms with Gasteiger partial charge in [-0.3, -0.25) is 0 Å². The number of ether oxygens (including phenoxy) is 5. The van der Waals surface area contributed by atoms with Crippen molar-refractivity contribution in [2.75, 3.05) is 21.3 Å². The van der Waals surface area contributed by atoms with E-state index in [1.165, 1.54) is 38.7 Å². The van der Waals surface area contributed by atoms with E-state index in [9.17, 15) is 10.1 Å². The van der Waals surface area contributed by atoms with Crippen molar-refractivity contribution >= 4 is 50.6 Å². The molecule has 0 saturated heterocycles. The molecule has 4 aromatic rings. The molecule has 8 nitrogen and oxygen atoms in total. The Bertz CT molecular complexity index is 1680. The van der Waals surface area contributed by atoms with Gasteiger partial charge in [0.1, 0.15) is 28.0 Å². The molecule has 1 atom stereocenters. The lowest BCUT2D eigenvalue weighted by atomic mass is 9.83. The van der Waals surface area contributed by atoms with Crippen molar-refractivity contribution in [2.45, 2.75) is 5.92 Å². The Balaban J connectivity index is 1.54. The van der Waals surface area contributed by atoms with Crippen LogP contribution >= 0.6 is 34.5 Å². The minimum absolute atomic E-state index is 0.0746. The molecule has 2 heterocycles. The zero-order valence-electron chi connectivity index (χ0n) is 20.8. The molecule has 3 aromatic carbocycles. The van der Waals surface area contributed by atoms with Crippen LogP contribution in [-0.2, 0) is 0 Å². The zero-order valence-corrected chi connectivity index (χ0v) is 23.2. The van der Waals surface area contributed by atoms with Crippen LogP contribution in [0.5, 0.6) is 28.7 Å². The number of hydrogen-bond acceptors (Lipinski definition) is 9. The number of allylic oxidation sites excluding steroid dienone is 1. The maximum absolute atomic E-state index is 13.0. The fourth-order valence-corrected chi connectivity index (χ4v) is 6.29. The number of nitrogens with two attached hydrogens (primary N) is 1. The van der Waals surface area contributed by atoms with E-state index in [1.807, 2.05) is 6.07 Å². The van der Waals surface area contributed by atoms with Gasteiger partial charge in [0.15, 0.2) is 11.5 Å². The molecule has 39 heavy (non-hydrogen) atoms. The lowest BCUT2D eigenvalue weighted by Gasteiger charge is -2.27. The first-order valence-corrected chi connectivity index (χ1v) is 13.0. The molecule has 2 N–H and O–H groups in total. The number of thiophene rings is 1. The summed E-state index contributed by atoms with van der Waals surface area (Å²) >= 11 is 13.9. The maximum atomic E-state index is 13.0. The molecule has 0 amide bonds. The van der Waals surface area contributed by atoms with Crippen molar-refractivity contribution in [3.63, 3.8) is 0 Å². The number of carbonyl (C=O) groups is 1. The van der Waals surface area contributed by atoms with Gasteiger partial charge in [0.05, 0.1) is 37.3 Å². The number of esters is 1. The first kappa shape index (κ1) is 26.5. The van der Waals surface area contributed by atoms with Gasteiger partial charge in [-0.25, -0.2) is 4.79 Å². The van der Waals surface area contributed by atoms with Gasteiger partial charge in [0.2, 0.25) is 11.6 Å². The molecule has 0 aliphatic carbocycles. The highest BCUT2D eigenvalue weighted by Gasteiger charge is 2.33. The third kappa shape index (κ3) is 4.57.